The largest absolute Gasteiger partial charge is 0.300 e. The van der Waals surface area contributed by atoms with Gasteiger partial charge in [0.25, 0.3) is 0 Å². The summed E-state index contributed by atoms with van der Waals surface area (Å²) in [6.45, 7) is 3.52. The van der Waals surface area contributed by atoms with Crippen molar-refractivity contribution in [1.29, 1.82) is 0 Å². The number of Topliss-reactive ketones (excluding diaryl/α,β-unsaturated/α-hetero) is 1. The maximum absolute atomic E-state index is 10.5. The number of ketones is 1. The second-order valence-corrected chi connectivity index (χ2v) is 2.99. The van der Waals surface area contributed by atoms with E-state index in [4.69, 9.17) is 0 Å². The minimum absolute atomic E-state index is 0.323. The molecule has 0 saturated carbocycles. The van der Waals surface area contributed by atoms with Crippen molar-refractivity contribution in [1.82, 2.24) is 4.67 Å². The van der Waals surface area contributed by atoms with Crippen LogP contribution in [0.3, 0.4) is 0 Å². The second-order valence-electron chi connectivity index (χ2n) is 2.26. The van der Waals surface area contributed by atoms with Gasteiger partial charge >= 0.3 is 0 Å². The average molecular weight is 131 g/mol. The van der Waals surface area contributed by atoms with Crippen molar-refractivity contribution in [3.05, 3.63) is 0 Å². The molecule has 1 atom stereocenters. The number of nitrogens with zero attached hydrogens (tertiary/aromatic N) is 1. The van der Waals surface area contributed by atoms with Crippen molar-refractivity contribution in [2.24, 2.45) is 5.92 Å². The Hall–Kier alpha value is 0.0600. The molecular weight excluding hydrogens is 121 g/mol. The normalized spacial score (nSPS) is 22.8. The molecule has 3 heteroatoms. The average Bonchev–Trinajstić information content (AvgIpc) is 1.57. The van der Waals surface area contributed by atoms with Gasteiger partial charge in [0, 0.05) is 19.0 Å². The molecule has 0 aromatic heterocycles. The van der Waals surface area contributed by atoms with E-state index < -0.39 is 0 Å². The van der Waals surface area contributed by atoms with Crippen molar-refractivity contribution >= 4 is 15.2 Å². The Morgan fingerprint density at radius 3 is 2.38 bits per heavy atom. The van der Waals surface area contributed by atoms with Crippen molar-refractivity contribution < 1.29 is 4.79 Å². The Bertz CT molecular complexity index is 109. The summed E-state index contributed by atoms with van der Waals surface area (Å²) in [6, 6.07) is 0. The van der Waals surface area contributed by atoms with E-state index in [1.807, 2.05) is 0 Å². The van der Waals surface area contributed by atoms with Crippen molar-refractivity contribution in [3.8, 4) is 0 Å². The molecule has 46 valence electrons. The highest BCUT2D eigenvalue weighted by Crippen LogP contribution is 2.19. The summed E-state index contributed by atoms with van der Waals surface area (Å²) >= 11 is 0. The smallest absolute Gasteiger partial charge is 0.135 e. The Morgan fingerprint density at radius 1 is 1.75 bits per heavy atom. The molecule has 0 N–H and O–H groups in total. The zero-order chi connectivity index (χ0) is 6.15. The molecule has 1 saturated heterocycles. The molecule has 1 unspecified atom stereocenters. The standard InChI is InChI=1S/C5H10NOP/c1-4(7)5-2-6(8)3-5/h5H,2-3,8H2,1H3. The quantitative estimate of drug-likeness (QED) is 0.477. The predicted molar refractivity (Wildman–Crippen MR) is 35.5 cm³/mol. The van der Waals surface area contributed by atoms with E-state index in [0.29, 0.717) is 11.7 Å². The molecule has 1 aliphatic rings. The van der Waals surface area contributed by atoms with Crippen LogP contribution >= 0.6 is 9.39 Å². The maximum atomic E-state index is 10.5. The first-order valence-corrected chi connectivity index (χ1v) is 3.22. The lowest BCUT2D eigenvalue weighted by atomic mass is 9.99. The number of hydrogen-bond donors (Lipinski definition) is 0. The van der Waals surface area contributed by atoms with Crippen LogP contribution in [-0.4, -0.2) is 23.5 Å². The first kappa shape index (κ1) is 6.18. The summed E-state index contributed by atoms with van der Waals surface area (Å²) in [7, 11) is 2.57. The lowest BCUT2D eigenvalue weighted by Crippen LogP contribution is -2.43. The first-order valence-electron chi connectivity index (χ1n) is 2.70. The molecule has 0 aromatic rings. The number of rotatable bonds is 1. The molecule has 1 rings (SSSR count). The van der Waals surface area contributed by atoms with Gasteiger partial charge in [-0.25, -0.2) is 0 Å². The van der Waals surface area contributed by atoms with Gasteiger partial charge in [0.05, 0.1) is 0 Å². The number of carbonyl (C=O) groups is 1. The molecule has 2 nitrogen and oxygen atoms in total. The van der Waals surface area contributed by atoms with E-state index in [1.165, 1.54) is 0 Å². The van der Waals surface area contributed by atoms with Gasteiger partial charge in [-0.1, -0.05) is 9.39 Å². The molecule has 0 aliphatic carbocycles. The molecule has 0 spiro atoms. The van der Waals surface area contributed by atoms with E-state index in [9.17, 15) is 4.79 Å². The summed E-state index contributed by atoms with van der Waals surface area (Å²) in [5, 5.41) is 0. The third-order valence-electron chi connectivity index (χ3n) is 1.48. The third kappa shape index (κ3) is 1.07. The highest BCUT2D eigenvalue weighted by Gasteiger charge is 2.26. The van der Waals surface area contributed by atoms with Gasteiger partial charge in [-0.15, -0.1) is 0 Å². The summed E-state index contributed by atoms with van der Waals surface area (Å²) in [6.07, 6.45) is 0. The van der Waals surface area contributed by atoms with Crippen LogP contribution < -0.4 is 0 Å². The Morgan fingerprint density at radius 2 is 2.25 bits per heavy atom. The zero-order valence-electron chi connectivity index (χ0n) is 4.92. The molecule has 1 fully saturated rings. The molecule has 0 aromatic carbocycles. The SMILES string of the molecule is CC(=O)C1CN(P)C1. The summed E-state index contributed by atoms with van der Waals surface area (Å²) in [5.74, 6) is 0.649. The van der Waals surface area contributed by atoms with Gasteiger partial charge in [-0.2, -0.15) is 0 Å². The lowest BCUT2D eigenvalue weighted by Gasteiger charge is -2.33. The molecule has 0 radical (unpaired) electrons. The third-order valence-corrected chi connectivity index (χ3v) is 1.91. The van der Waals surface area contributed by atoms with Crippen LogP contribution in [-0.2, 0) is 4.79 Å². The second kappa shape index (κ2) is 2.12. The van der Waals surface area contributed by atoms with Crippen molar-refractivity contribution in [3.63, 3.8) is 0 Å². The Kier molecular flexibility index (Phi) is 1.64. The maximum Gasteiger partial charge on any atom is 0.135 e. The summed E-state index contributed by atoms with van der Waals surface area (Å²) < 4.78 is 2.06. The highest BCUT2D eigenvalue weighted by atomic mass is 31.0. The van der Waals surface area contributed by atoms with E-state index in [0.717, 1.165) is 13.1 Å². The fourth-order valence-electron chi connectivity index (χ4n) is 0.770. The summed E-state index contributed by atoms with van der Waals surface area (Å²) in [5.41, 5.74) is 0. The van der Waals surface area contributed by atoms with Gasteiger partial charge in [0.15, 0.2) is 0 Å². The highest BCUT2D eigenvalue weighted by molar-refractivity contribution is 7.13. The fraction of sp³-hybridized carbons (Fsp3) is 0.800. The molecule has 0 bridgehead atoms. The van der Waals surface area contributed by atoms with Crippen LogP contribution in [0.5, 0.6) is 0 Å². The molecule has 1 aliphatic heterocycles. The predicted octanol–water partition coefficient (Wildman–Crippen LogP) is 0.297. The van der Waals surface area contributed by atoms with Gasteiger partial charge in [-0.3, -0.25) is 9.46 Å². The lowest BCUT2D eigenvalue weighted by molar-refractivity contribution is -0.123. The van der Waals surface area contributed by atoms with E-state index in [-0.39, 0.29) is 0 Å². The fourth-order valence-corrected chi connectivity index (χ4v) is 1.28. The van der Waals surface area contributed by atoms with E-state index in [2.05, 4.69) is 14.1 Å². The van der Waals surface area contributed by atoms with Crippen LogP contribution in [0.4, 0.5) is 0 Å². The van der Waals surface area contributed by atoms with Gasteiger partial charge in [-0.05, 0) is 6.92 Å². The van der Waals surface area contributed by atoms with Gasteiger partial charge in [0.1, 0.15) is 5.78 Å². The minimum Gasteiger partial charge on any atom is -0.300 e. The molecule has 0 amide bonds. The topological polar surface area (TPSA) is 20.3 Å². The van der Waals surface area contributed by atoms with Crippen molar-refractivity contribution in [2.45, 2.75) is 6.92 Å². The monoisotopic (exact) mass is 131 g/mol. The first-order chi connectivity index (χ1) is 3.70. The van der Waals surface area contributed by atoms with Crippen LogP contribution in [0, 0.1) is 5.92 Å². The number of hydrogen-bond acceptors (Lipinski definition) is 2. The molecular formula is C5H10NOP. The molecule has 1 heterocycles. The minimum atomic E-state index is 0.323. The van der Waals surface area contributed by atoms with E-state index in [1.54, 1.807) is 6.92 Å². The summed E-state index contributed by atoms with van der Waals surface area (Å²) in [4.78, 5) is 10.5. The van der Waals surface area contributed by atoms with Gasteiger partial charge < -0.3 is 0 Å². The number of carbonyl (C=O) groups excluding carboxylic acids is 1. The van der Waals surface area contributed by atoms with Crippen molar-refractivity contribution in [2.75, 3.05) is 13.1 Å². The van der Waals surface area contributed by atoms with Gasteiger partial charge in [0.2, 0.25) is 0 Å². The molecule has 8 heavy (non-hydrogen) atoms. The Balaban J connectivity index is 2.25. The van der Waals surface area contributed by atoms with Crippen LogP contribution in [0.15, 0.2) is 0 Å². The van der Waals surface area contributed by atoms with Crippen LogP contribution in [0.1, 0.15) is 6.92 Å². The zero-order valence-corrected chi connectivity index (χ0v) is 6.08. The Labute approximate surface area is 51.5 Å². The van der Waals surface area contributed by atoms with Crippen LogP contribution in [0.2, 0.25) is 0 Å². The van der Waals surface area contributed by atoms with Crippen LogP contribution in [0.25, 0.3) is 0 Å². The van der Waals surface area contributed by atoms with E-state index >= 15 is 0 Å².